The quantitative estimate of drug-likeness (QED) is 0.320. The van der Waals surface area contributed by atoms with E-state index in [4.69, 9.17) is 0 Å². The van der Waals surface area contributed by atoms with Crippen molar-refractivity contribution in [3.63, 3.8) is 0 Å². The second-order valence-corrected chi connectivity index (χ2v) is 7.71. The average Bonchev–Trinajstić information content (AvgIpc) is 2.76. The van der Waals surface area contributed by atoms with Crippen LogP contribution in [0.5, 0.6) is 0 Å². The molecule has 0 fully saturated rings. The van der Waals surface area contributed by atoms with Crippen LogP contribution in [0.3, 0.4) is 0 Å². The summed E-state index contributed by atoms with van der Waals surface area (Å²) in [7, 11) is 0. The zero-order valence-corrected chi connectivity index (χ0v) is 17.2. The van der Waals surface area contributed by atoms with Crippen LogP contribution in [0.4, 0.5) is 80.3 Å². The zero-order chi connectivity index (χ0) is 29.3. The largest absolute Gasteiger partial charge is 0.460 e. The maximum atomic E-state index is 14.3. The number of alkyl halides is 17. The van der Waals surface area contributed by atoms with E-state index in [1.54, 1.807) is 0 Å². The predicted molar refractivity (Wildman–Crippen MR) is 87.8 cm³/mol. The van der Waals surface area contributed by atoms with Gasteiger partial charge >= 0.3 is 53.5 Å². The molecule has 1 heterocycles. The molecule has 0 saturated heterocycles. The third-order valence-electron chi connectivity index (χ3n) is 5.35. The molecule has 0 radical (unpaired) electrons. The monoisotopic (exact) mass is 579 g/mol. The number of rotatable bonds is 7. The van der Waals surface area contributed by atoms with Crippen molar-refractivity contribution < 1.29 is 79.4 Å². The van der Waals surface area contributed by atoms with Crippen molar-refractivity contribution in [3.8, 4) is 0 Å². The maximum absolute atomic E-state index is 14.3. The van der Waals surface area contributed by atoms with Gasteiger partial charge in [-0.3, -0.25) is 4.79 Å². The molecule has 0 aliphatic carbocycles. The van der Waals surface area contributed by atoms with Crippen LogP contribution in [0.1, 0.15) is 12.0 Å². The fourth-order valence-electron chi connectivity index (χ4n) is 3.21. The minimum absolute atomic E-state index is 0.00483. The molecule has 0 saturated carbocycles. The first-order chi connectivity index (χ1) is 16.2. The van der Waals surface area contributed by atoms with E-state index in [0.717, 1.165) is 18.2 Å². The molecule has 1 aromatic carbocycles. The minimum atomic E-state index is -8.73. The van der Waals surface area contributed by atoms with Crippen LogP contribution < -0.4 is 4.90 Å². The van der Waals surface area contributed by atoms with E-state index >= 15 is 0 Å². The van der Waals surface area contributed by atoms with Gasteiger partial charge in [0.1, 0.15) is 0 Å². The first-order valence-corrected chi connectivity index (χ1v) is 9.36. The molecular weight excluding hydrogens is 569 g/mol. The summed E-state index contributed by atoms with van der Waals surface area (Å²) in [6.45, 7) is -0.935. The third kappa shape index (κ3) is 3.97. The molecule has 1 aliphatic rings. The Kier molecular flexibility index (Phi) is 7.06. The van der Waals surface area contributed by atoms with Gasteiger partial charge in [-0.25, -0.2) is 0 Å². The fraction of sp³-hybridized carbons (Fsp3) is 0.611. The molecule has 1 amide bonds. The fourth-order valence-corrected chi connectivity index (χ4v) is 3.21. The van der Waals surface area contributed by atoms with Gasteiger partial charge in [-0.2, -0.15) is 74.6 Å². The lowest BCUT2D eigenvalue weighted by atomic mass is 9.88. The first-order valence-electron chi connectivity index (χ1n) is 9.36. The summed E-state index contributed by atoms with van der Waals surface area (Å²) in [5.41, 5.74) is -0.662. The Morgan fingerprint density at radius 1 is 0.595 bits per heavy atom. The van der Waals surface area contributed by atoms with Crippen molar-refractivity contribution in [1.82, 2.24) is 0 Å². The Bertz CT molecular complexity index is 1030. The van der Waals surface area contributed by atoms with E-state index in [-0.39, 0.29) is 23.3 Å². The molecule has 37 heavy (non-hydrogen) atoms. The molecule has 2 rings (SSSR count). The lowest BCUT2D eigenvalue weighted by molar-refractivity contribution is -0.459. The number of nitrogens with zero attached hydrogens (tertiary/aromatic N) is 1. The summed E-state index contributed by atoms with van der Waals surface area (Å²) in [4.78, 5) is 11.7. The molecule has 0 spiro atoms. The van der Waals surface area contributed by atoms with Crippen molar-refractivity contribution >= 4 is 11.6 Å². The van der Waals surface area contributed by atoms with Crippen molar-refractivity contribution in [2.75, 3.05) is 11.4 Å². The summed E-state index contributed by atoms with van der Waals surface area (Å²) in [5.74, 6) is -61.3. The Balaban J connectivity index is 2.60. The number of hydrogen-bond donors (Lipinski definition) is 0. The average molecular weight is 579 g/mol. The van der Waals surface area contributed by atoms with Crippen LogP contribution >= 0.6 is 0 Å². The van der Waals surface area contributed by atoms with Gasteiger partial charge in [0.25, 0.3) is 0 Å². The summed E-state index contributed by atoms with van der Waals surface area (Å²) in [6.07, 6.45) is -8.12. The number of halogens is 17. The van der Waals surface area contributed by atoms with E-state index in [1.807, 2.05) is 0 Å². The Hall–Kier alpha value is -2.50. The van der Waals surface area contributed by atoms with Gasteiger partial charge in [-0.1, -0.05) is 18.2 Å². The number of carbonyl (C=O) groups is 1. The van der Waals surface area contributed by atoms with Gasteiger partial charge in [0, 0.05) is 12.2 Å². The van der Waals surface area contributed by atoms with Crippen LogP contribution in [-0.4, -0.2) is 60.1 Å². The molecule has 19 heteroatoms. The maximum Gasteiger partial charge on any atom is 0.460 e. The molecule has 0 atom stereocenters. The van der Waals surface area contributed by atoms with Crippen LogP contribution in [0.2, 0.25) is 0 Å². The van der Waals surface area contributed by atoms with E-state index in [1.165, 1.54) is 6.07 Å². The second kappa shape index (κ2) is 8.51. The molecule has 1 aromatic rings. The topological polar surface area (TPSA) is 20.3 Å². The molecule has 212 valence electrons. The smallest absolute Gasteiger partial charge is 0.307 e. The lowest BCUT2D eigenvalue weighted by Crippen LogP contribution is -2.75. The molecule has 0 unspecified atom stereocenters. The highest BCUT2D eigenvalue weighted by molar-refractivity contribution is 6.00. The van der Waals surface area contributed by atoms with E-state index < -0.39 is 65.8 Å². The van der Waals surface area contributed by atoms with Crippen LogP contribution in [-0.2, 0) is 11.2 Å². The van der Waals surface area contributed by atoms with Crippen molar-refractivity contribution in [2.24, 2.45) is 0 Å². The number of para-hydroxylation sites is 1. The normalized spacial score (nSPS) is 17.1. The minimum Gasteiger partial charge on any atom is -0.307 e. The highest BCUT2D eigenvalue weighted by Crippen LogP contribution is 2.64. The summed E-state index contributed by atoms with van der Waals surface area (Å²) in [5, 5.41) is 0. The Morgan fingerprint density at radius 3 is 1.46 bits per heavy atom. The number of carbonyl (C=O) groups excluding carboxylic acids is 1. The predicted octanol–water partition coefficient (Wildman–Crippen LogP) is 6.98. The van der Waals surface area contributed by atoms with Crippen molar-refractivity contribution in [3.05, 3.63) is 29.8 Å². The van der Waals surface area contributed by atoms with Crippen molar-refractivity contribution in [1.29, 1.82) is 0 Å². The molecule has 1 aliphatic heterocycles. The van der Waals surface area contributed by atoms with Gasteiger partial charge in [0.15, 0.2) is 0 Å². The molecule has 0 bridgehead atoms. The zero-order valence-electron chi connectivity index (χ0n) is 17.2. The SMILES string of the molecule is O=C(N1CCCc2ccccc21)C(F)(F)C(F)(F)C(F)(F)C(F)(F)C(F)(F)C(F)(F)C(F)(F)C(F)(F)F. The van der Waals surface area contributed by atoms with Gasteiger partial charge in [0.05, 0.1) is 0 Å². The van der Waals surface area contributed by atoms with Crippen LogP contribution in [0.25, 0.3) is 0 Å². The molecule has 0 N–H and O–H groups in total. The van der Waals surface area contributed by atoms with Gasteiger partial charge in [0.2, 0.25) is 0 Å². The van der Waals surface area contributed by atoms with E-state index in [0.29, 0.717) is 0 Å². The van der Waals surface area contributed by atoms with Gasteiger partial charge < -0.3 is 4.90 Å². The summed E-state index contributed by atoms with van der Waals surface area (Å²) in [6, 6.07) is 4.21. The number of amides is 1. The lowest BCUT2D eigenvalue weighted by Gasteiger charge is -2.43. The number of anilines is 1. The van der Waals surface area contributed by atoms with E-state index in [9.17, 15) is 79.4 Å². The Morgan fingerprint density at radius 2 is 1.00 bits per heavy atom. The highest BCUT2D eigenvalue weighted by Gasteiger charge is 2.95. The summed E-state index contributed by atoms with van der Waals surface area (Å²) >= 11 is 0. The molecule has 0 aromatic heterocycles. The number of hydrogen-bond acceptors (Lipinski definition) is 1. The summed E-state index contributed by atoms with van der Waals surface area (Å²) < 4.78 is 228. The Labute approximate surface area is 194 Å². The second-order valence-electron chi connectivity index (χ2n) is 7.71. The number of fused-ring (bicyclic) bond motifs is 1. The van der Waals surface area contributed by atoms with Crippen LogP contribution in [0.15, 0.2) is 24.3 Å². The van der Waals surface area contributed by atoms with E-state index in [2.05, 4.69) is 0 Å². The highest BCUT2D eigenvalue weighted by atomic mass is 19.4. The number of aryl methyl sites for hydroxylation is 1. The molecular formula is C18H10F17NO. The third-order valence-corrected chi connectivity index (χ3v) is 5.35. The van der Waals surface area contributed by atoms with Gasteiger partial charge in [-0.05, 0) is 24.5 Å². The van der Waals surface area contributed by atoms with Gasteiger partial charge in [-0.15, -0.1) is 0 Å². The van der Waals surface area contributed by atoms with Crippen molar-refractivity contribution in [2.45, 2.75) is 60.5 Å². The number of benzene rings is 1. The standard InChI is InChI=1S/C18H10F17NO/c19-11(20,10(37)36-7-3-5-8-4-1-2-6-9(8)36)12(21,22)13(23,24)14(25,26)15(27,28)16(29,30)17(31,32)18(33,34)35/h1-2,4,6H,3,5,7H2. The van der Waals surface area contributed by atoms with Crippen LogP contribution in [0, 0.1) is 0 Å². The molecule has 2 nitrogen and oxygen atoms in total. The first kappa shape index (κ1) is 30.7.